The first kappa shape index (κ1) is 12.4. The van der Waals surface area contributed by atoms with Gasteiger partial charge >= 0.3 is 0 Å². The lowest BCUT2D eigenvalue weighted by Crippen LogP contribution is -2.42. The van der Waals surface area contributed by atoms with Crippen molar-refractivity contribution in [2.24, 2.45) is 11.7 Å². The lowest BCUT2D eigenvalue weighted by Gasteiger charge is -2.36. The lowest BCUT2D eigenvalue weighted by molar-refractivity contribution is 0.103. The Morgan fingerprint density at radius 2 is 2.24 bits per heavy atom. The zero-order chi connectivity index (χ0) is 12.4. The van der Waals surface area contributed by atoms with Crippen LogP contribution in [0.3, 0.4) is 0 Å². The van der Waals surface area contributed by atoms with Gasteiger partial charge in [-0.3, -0.25) is 0 Å². The SMILES string of the molecule is Cc1cc(N2CCC(C)C(O)C2)ccc1CN. The molecule has 3 heteroatoms. The molecule has 1 fully saturated rings. The van der Waals surface area contributed by atoms with E-state index >= 15 is 0 Å². The third-order valence-corrected chi connectivity index (χ3v) is 3.83. The Balaban J connectivity index is 2.15. The fourth-order valence-corrected chi connectivity index (χ4v) is 2.39. The van der Waals surface area contributed by atoms with Crippen LogP contribution < -0.4 is 10.6 Å². The third-order valence-electron chi connectivity index (χ3n) is 3.83. The number of aliphatic hydroxyl groups is 1. The van der Waals surface area contributed by atoms with Gasteiger partial charge in [0.1, 0.15) is 0 Å². The summed E-state index contributed by atoms with van der Waals surface area (Å²) in [4.78, 5) is 2.26. The average Bonchev–Trinajstić information content (AvgIpc) is 2.32. The highest BCUT2D eigenvalue weighted by molar-refractivity contribution is 5.51. The van der Waals surface area contributed by atoms with E-state index in [0.29, 0.717) is 12.5 Å². The van der Waals surface area contributed by atoms with Gasteiger partial charge in [-0.2, -0.15) is 0 Å². The highest BCUT2D eigenvalue weighted by atomic mass is 16.3. The predicted molar refractivity (Wildman–Crippen MR) is 71.1 cm³/mol. The predicted octanol–water partition coefficient (Wildman–Crippen LogP) is 1.66. The van der Waals surface area contributed by atoms with Gasteiger partial charge in [0.25, 0.3) is 0 Å². The zero-order valence-electron chi connectivity index (χ0n) is 10.7. The zero-order valence-corrected chi connectivity index (χ0v) is 10.7. The second-order valence-electron chi connectivity index (χ2n) is 5.09. The maximum Gasteiger partial charge on any atom is 0.0741 e. The van der Waals surface area contributed by atoms with Crippen LogP contribution >= 0.6 is 0 Å². The Kier molecular flexibility index (Phi) is 3.69. The standard InChI is InChI=1S/C14H22N2O/c1-10-5-6-16(9-14(10)17)13-4-3-12(8-15)11(2)7-13/h3-4,7,10,14,17H,5-6,8-9,15H2,1-2H3. The summed E-state index contributed by atoms with van der Waals surface area (Å²) in [7, 11) is 0. The number of piperidine rings is 1. The van der Waals surface area contributed by atoms with Crippen molar-refractivity contribution < 1.29 is 5.11 Å². The molecule has 0 radical (unpaired) electrons. The quantitative estimate of drug-likeness (QED) is 0.818. The molecule has 0 aromatic heterocycles. The molecule has 1 aromatic rings. The van der Waals surface area contributed by atoms with Gasteiger partial charge in [0.15, 0.2) is 0 Å². The Morgan fingerprint density at radius 3 is 2.82 bits per heavy atom. The molecule has 2 unspecified atom stereocenters. The Hall–Kier alpha value is -1.06. The summed E-state index contributed by atoms with van der Waals surface area (Å²) in [5.41, 5.74) is 9.29. The van der Waals surface area contributed by atoms with Crippen molar-refractivity contribution in [1.29, 1.82) is 0 Å². The van der Waals surface area contributed by atoms with E-state index < -0.39 is 0 Å². The van der Waals surface area contributed by atoms with Crippen molar-refractivity contribution in [3.05, 3.63) is 29.3 Å². The summed E-state index contributed by atoms with van der Waals surface area (Å²) in [5, 5.41) is 9.92. The third kappa shape index (κ3) is 2.61. The van der Waals surface area contributed by atoms with Crippen LogP contribution in [0.2, 0.25) is 0 Å². The van der Waals surface area contributed by atoms with Gasteiger partial charge in [-0.05, 0) is 42.5 Å². The first-order valence-corrected chi connectivity index (χ1v) is 6.34. The van der Waals surface area contributed by atoms with E-state index in [0.717, 1.165) is 19.5 Å². The fraction of sp³-hybridized carbons (Fsp3) is 0.571. The van der Waals surface area contributed by atoms with E-state index in [4.69, 9.17) is 5.73 Å². The summed E-state index contributed by atoms with van der Waals surface area (Å²) in [6.45, 7) is 6.56. The molecule has 0 aliphatic carbocycles. The summed E-state index contributed by atoms with van der Waals surface area (Å²) in [6.07, 6.45) is 0.844. The van der Waals surface area contributed by atoms with E-state index in [9.17, 15) is 5.11 Å². The molecule has 0 saturated carbocycles. The molecule has 17 heavy (non-hydrogen) atoms. The van der Waals surface area contributed by atoms with Crippen LogP contribution in [-0.4, -0.2) is 24.3 Å². The maximum atomic E-state index is 9.92. The highest BCUT2D eigenvalue weighted by Crippen LogP contribution is 2.25. The van der Waals surface area contributed by atoms with E-state index in [1.54, 1.807) is 0 Å². The van der Waals surface area contributed by atoms with E-state index in [-0.39, 0.29) is 6.10 Å². The highest BCUT2D eigenvalue weighted by Gasteiger charge is 2.24. The number of benzene rings is 1. The first-order valence-electron chi connectivity index (χ1n) is 6.34. The Labute approximate surface area is 103 Å². The molecular formula is C14H22N2O. The van der Waals surface area contributed by atoms with Crippen LogP contribution in [0.4, 0.5) is 5.69 Å². The normalized spacial score (nSPS) is 25.1. The van der Waals surface area contributed by atoms with Crippen molar-refractivity contribution in [3.8, 4) is 0 Å². The molecular weight excluding hydrogens is 212 g/mol. The minimum atomic E-state index is -0.210. The number of aliphatic hydroxyl groups excluding tert-OH is 1. The van der Waals surface area contributed by atoms with Crippen LogP contribution in [0.5, 0.6) is 0 Å². The minimum absolute atomic E-state index is 0.210. The van der Waals surface area contributed by atoms with Crippen molar-refractivity contribution in [1.82, 2.24) is 0 Å². The molecule has 2 rings (SSSR count). The van der Waals surface area contributed by atoms with Crippen LogP contribution in [0, 0.1) is 12.8 Å². The topological polar surface area (TPSA) is 49.5 Å². The Bertz CT molecular complexity index is 392. The summed E-state index contributed by atoms with van der Waals surface area (Å²) >= 11 is 0. The minimum Gasteiger partial charge on any atom is -0.391 e. The monoisotopic (exact) mass is 234 g/mol. The lowest BCUT2D eigenvalue weighted by atomic mass is 9.95. The van der Waals surface area contributed by atoms with Crippen molar-refractivity contribution >= 4 is 5.69 Å². The molecule has 1 heterocycles. The fourth-order valence-electron chi connectivity index (χ4n) is 2.39. The molecule has 0 amide bonds. The Morgan fingerprint density at radius 1 is 1.47 bits per heavy atom. The van der Waals surface area contributed by atoms with Crippen molar-refractivity contribution in [2.45, 2.75) is 32.9 Å². The second-order valence-corrected chi connectivity index (χ2v) is 5.09. The van der Waals surface area contributed by atoms with E-state index in [1.165, 1.54) is 16.8 Å². The summed E-state index contributed by atoms with van der Waals surface area (Å²) in [6, 6.07) is 6.37. The van der Waals surface area contributed by atoms with Crippen molar-refractivity contribution in [2.75, 3.05) is 18.0 Å². The van der Waals surface area contributed by atoms with E-state index in [1.807, 2.05) is 0 Å². The maximum absolute atomic E-state index is 9.92. The summed E-state index contributed by atoms with van der Waals surface area (Å²) in [5.74, 6) is 0.413. The average molecular weight is 234 g/mol. The van der Waals surface area contributed by atoms with Gasteiger partial charge in [-0.15, -0.1) is 0 Å². The number of nitrogens with zero attached hydrogens (tertiary/aromatic N) is 1. The molecule has 1 aromatic carbocycles. The van der Waals surface area contributed by atoms with Crippen LogP contribution in [-0.2, 0) is 6.54 Å². The van der Waals surface area contributed by atoms with Gasteiger partial charge in [0, 0.05) is 25.3 Å². The molecule has 0 spiro atoms. The first-order chi connectivity index (χ1) is 8.11. The van der Waals surface area contributed by atoms with Gasteiger partial charge < -0.3 is 15.7 Å². The van der Waals surface area contributed by atoms with Gasteiger partial charge in [0.2, 0.25) is 0 Å². The molecule has 1 aliphatic rings. The van der Waals surface area contributed by atoms with Crippen LogP contribution in [0.15, 0.2) is 18.2 Å². The second kappa shape index (κ2) is 5.07. The number of anilines is 1. The molecule has 1 aliphatic heterocycles. The molecule has 94 valence electrons. The molecule has 1 saturated heterocycles. The van der Waals surface area contributed by atoms with Gasteiger partial charge in [0.05, 0.1) is 6.10 Å². The number of hydrogen-bond donors (Lipinski definition) is 2. The van der Waals surface area contributed by atoms with Crippen LogP contribution in [0.25, 0.3) is 0 Å². The number of β-amino-alcohol motifs (C(OH)–C–C–N with tert-alkyl or cyclic N) is 1. The number of nitrogens with two attached hydrogens (primary N) is 1. The molecule has 3 N–H and O–H groups in total. The molecule has 3 nitrogen and oxygen atoms in total. The number of aryl methyl sites for hydroxylation is 1. The largest absolute Gasteiger partial charge is 0.391 e. The number of hydrogen-bond acceptors (Lipinski definition) is 3. The van der Waals surface area contributed by atoms with E-state index in [2.05, 4.69) is 36.9 Å². The van der Waals surface area contributed by atoms with Crippen LogP contribution in [0.1, 0.15) is 24.5 Å². The molecule has 2 atom stereocenters. The molecule has 0 bridgehead atoms. The number of rotatable bonds is 2. The van der Waals surface area contributed by atoms with Gasteiger partial charge in [-0.25, -0.2) is 0 Å². The summed E-state index contributed by atoms with van der Waals surface area (Å²) < 4.78 is 0. The van der Waals surface area contributed by atoms with Gasteiger partial charge in [-0.1, -0.05) is 13.0 Å². The van der Waals surface area contributed by atoms with Crippen molar-refractivity contribution in [3.63, 3.8) is 0 Å². The smallest absolute Gasteiger partial charge is 0.0741 e.